The molecule has 3 aromatic rings. The number of nitrogens with one attached hydrogen (secondary N) is 2. The Morgan fingerprint density at radius 2 is 2.00 bits per heavy atom. The number of rotatable bonds is 4. The summed E-state index contributed by atoms with van der Waals surface area (Å²) in [6, 6.07) is 17.3. The van der Waals surface area contributed by atoms with Crippen LogP contribution in [0.1, 0.15) is 22.3 Å². The maximum atomic E-state index is 12.5. The summed E-state index contributed by atoms with van der Waals surface area (Å²) in [7, 11) is 0. The lowest BCUT2D eigenvalue weighted by atomic mass is 10.1. The Labute approximate surface area is 145 Å². The Morgan fingerprint density at radius 1 is 1.16 bits per heavy atom. The number of aromatic nitrogens is 1. The Kier molecular flexibility index (Phi) is 3.98. The van der Waals surface area contributed by atoms with Gasteiger partial charge in [0.1, 0.15) is 0 Å². The van der Waals surface area contributed by atoms with Gasteiger partial charge >= 0.3 is 0 Å². The second-order valence-electron chi connectivity index (χ2n) is 6.41. The number of carbonyl (C=O) groups is 2. The fourth-order valence-electron chi connectivity index (χ4n) is 3.28. The van der Waals surface area contributed by atoms with E-state index < -0.39 is 0 Å². The Morgan fingerprint density at radius 3 is 2.84 bits per heavy atom. The van der Waals surface area contributed by atoms with Crippen LogP contribution in [0.15, 0.2) is 60.8 Å². The summed E-state index contributed by atoms with van der Waals surface area (Å²) in [5.74, 6) is -0.0650. The van der Waals surface area contributed by atoms with E-state index in [-0.39, 0.29) is 17.9 Å². The van der Waals surface area contributed by atoms with Crippen LogP contribution < -0.4 is 5.32 Å². The van der Waals surface area contributed by atoms with E-state index in [1.807, 2.05) is 60.8 Å². The Bertz CT molecular complexity index is 917. The Balaban J connectivity index is 1.41. The van der Waals surface area contributed by atoms with Crippen molar-refractivity contribution in [2.75, 3.05) is 6.54 Å². The maximum absolute atomic E-state index is 12.5. The van der Waals surface area contributed by atoms with E-state index in [9.17, 15) is 9.59 Å². The first-order chi connectivity index (χ1) is 12.2. The van der Waals surface area contributed by atoms with Crippen molar-refractivity contribution in [2.45, 2.75) is 19.0 Å². The summed E-state index contributed by atoms with van der Waals surface area (Å²) in [5, 5.41) is 4.05. The third-order valence-electron chi connectivity index (χ3n) is 4.58. The van der Waals surface area contributed by atoms with Gasteiger partial charge < -0.3 is 15.2 Å². The lowest BCUT2D eigenvalue weighted by Gasteiger charge is -2.17. The third-order valence-corrected chi connectivity index (χ3v) is 4.58. The van der Waals surface area contributed by atoms with E-state index in [2.05, 4.69) is 10.3 Å². The number of fused-ring (bicyclic) bond motifs is 1. The molecule has 1 atom stereocenters. The SMILES string of the molecule is O=C(N[C@@H]1CC(=O)N(Cc2ccccc2)C1)c1ccc2cc[nH]c2c1. The van der Waals surface area contributed by atoms with Gasteiger partial charge in [0.25, 0.3) is 5.91 Å². The number of hydrogen-bond donors (Lipinski definition) is 2. The average Bonchev–Trinajstić information content (AvgIpc) is 3.22. The minimum atomic E-state index is -0.150. The summed E-state index contributed by atoms with van der Waals surface area (Å²) >= 11 is 0. The fourth-order valence-corrected chi connectivity index (χ4v) is 3.28. The zero-order valence-corrected chi connectivity index (χ0v) is 13.7. The van der Waals surface area contributed by atoms with E-state index >= 15 is 0 Å². The first-order valence-corrected chi connectivity index (χ1v) is 8.39. The highest BCUT2D eigenvalue weighted by Crippen LogP contribution is 2.17. The van der Waals surface area contributed by atoms with Gasteiger partial charge in [0.05, 0.1) is 6.04 Å². The van der Waals surface area contributed by atoms with Gasteiger partial charge in [-0.3, -0.25) is 9.59 Å². The monoisotopic (exact) mass is 333 g/mol. The van der Waals surface area contributed by atoms with Gasteiger partial charge in [-0.05, 0) is 29.1 Å². The van der Waals surface area contributed by atoms with Crippen molar-refractivity contribution in [1.82, 2.24) is 15.2 Å². The largest absolute Gasteiger partial charge is 0.361 e. The van der Waals surface area contributed by atoms with Crippen LogP contribution in [0, 0.1) is 0 Å². The van der Waals surface area contributed by atoms with Gasteiger partial charge in [-0.15, -0.1) is 0 Å². The molecule has 1 aliphatic rings. The smallest absolute Gasteiger partial charge is 0.251 e. The maximum Gasteiger partial charge on any atom is 0.251 e. The second kappa shape index (κ2) is 6.43. The van der Waals surface area contributed by atoms with E-state index in [0.29, 0.717) is 25.1 Å². The molecular weight excluding hydrogens is 314 g/mol. The number of H-pyrrole nitrogens is 1. The lowest BCUT2D eigenvalue weighted by molar-refractivity contribution is -0.128. The molecule has 4 rings (SSSR count). The van der Waals surface area contributed by atoms with Crippen LogP contribution in [-0.4, -0.2) is 34.3 Å². The van der Waals surface area contributed by atoms with Crippen molar-refractivity contribution in [3.63, 3.8) is 0 Å². The summed E-state index contributed by atoms with van der Waals surface area (Å²) in [6.07, 6.45) is 2.20. The fraction of sp³-hybridized carbons (Fsp3) is 0.200. The average molecular weight is 333 g/mol. The van der Waals surface area contributed by atoms with Crippen LogP contribution in [0.2, 0.25) is 0 Å². The van der Waals surface area contributed by atoms with Gasteiger partial charge in [-0.2, -0.15) is 0 Å². The number of carbonyl (C=O) groups excluding carboxylic acids is 2. The molecule has 2 aromatic carbocycles. The molecule has 126 valence electrons. The molecule has 1 aliphatic heterocycles. The molecule has 5 nitrogen and oxygen atoms in total. The van der Waals surface area contributed by atoms with Crippen LogP contribution in [0.3, 0.4) is 0 Å². The van der Waals surface area contributed by atoms with Gasteiger partial charge in [0, 0.05) is 36.8 Å². The summed E-state index contributed by atoms with van der Waals surface area (Å²) in [6.45, 7) is 1.13. The highest BCUT2D eigenvalue weighted by atomic mass is 16.2. The van der Waals surface area contributed by atoms with Crippen molar-refractivity contribution >= 4 is 22.7 Å². The summed E-state index contributed by atoms with van der Waals surface area (Å²) in [4.78, 5) is 29.6. The number of likely N-dealkylation sites (tertiary alicyclic amines) is 1. The molecule has 0 saturated carbocycles. The van der Waals surface area contributed by atoms with Crippen LogP contribution >= 0.6 is 0 Å². The molecule has 2 heterocycles. The molecule has 1 aromatic heterocycles. The molecule has 0 bridgehead atoms. The van der Waals surface area contributed by atoms with E-state index in [1.165, 1.54) is 0 Å². The van der Waals surface area contributed by atoms with Crippen molar-refractivity contribution in [1.29, 1.82) is 0 Å². The molecule has 5 heteroatoms. The predicted octanol–water partition coefficient (Wildman–Crippen LogP) is 2.70. The molecule has 0 radical (unpaired) electrons. The third kappa shape index (κ3) is 3.26. The molecule has 2 N–H and O–H groups in total. The summed E-state index contributed by atoms with van der Waals surface area (Å²) in [5.41, 5.74) is 2.63. The van der Waals surface area contributed by atoms with Crippen LogP contribution in [-0.2, 0) is 11.3 Å². The lowest BCUT2D eigenvalue weighted by Crippen LogP contribution is -2.37. The first-order valence-electron chi connectivity index (χ1n) is 8.39. The quantitative estimate of drug-likeness (QED) is 0.771. The molecule has 0 spiro atoms. The van der Waals surface area contributed by atoms with Crippen molar-refractivity contribution < 1.29 is 9.59 Å². The Hall–Kier alpha value is -3.08. The van der Waals surface area contributed by atoms with Crippen molar-refractivity contribution in [2.24, 2.45) is 0 Å². The van der Waals surface area contributed by atoms with Gasteiger partial charge in [-0.1, -0.05) is 36.4 Å². The molecule has 1 fully saturated rings. The highest BCUT2D eigenvalue weighted by Gasteiger charge is 2.30. The topological polar surface area (TPSA) is 65.2 Å². The summed E-state index contributed by atoms with van der Waals surface area (Å²) < 4.78 is 0. The van der Waals surface area contributed by atoms with Crippen molar-refractivity contribution in [3.8, 4) is 0 Å². The van der Waals surface area contributed by atoms with Crippen LogP contribution in [0.5, 0.6) is 0 Å². The molecule has 1 saturated heterocycles. The highest BCUT2D eigenvalue weighted by molar-refractivity contribution is 5.98. The number of nitrogens with zero attached hydrogens (tertiary/aromatic N) is 1. The van der Waals surface area contributed by atoms with Crippen molar-refractivity contribution in [3.05, 3.63) is 71.9 Å². The molecule has 25 heavy (non-hydrogen) atoms. The molecule has 0 unspecified atom stereocenters. The molecule has 0 aliphatic carbocycles. The van der Waals surface area contributed by atoms with E-state index in [4.69, 9.17) is 0 Å². The standard InChI is InChI=1S/C20H19N3O2/c24-19-11-17(13-23(19)12-14-4-2-1-3-5-14)22-20(25)16-7-6-15-8-9-21-18(15)10-16/h1-10,17,21H,11-13H2,(H,22,25)/t17-/m1/s1. The molecular formula is C20H19N3O2. The van der Waals surface area contributed by atoms with Gasteiger partial charge in [0.15, 0.2) is 0 Å². The number of hydrogen-bond acceptors (Lipinski definition) is 2. The van der Waals surface area contributed by atoms with Gasteiger partial charge in [-0.25, -0.2) is 0 Å². The van der Waals surface area contributed by atoms with Gasteiger partial charge in [0.2, 0.25) is 5.91 Å². The molecule has 2 amide bonds. The minimum Gasteiger partial charge on any atom is -0.361 e. The first kappa shape index (κ1) is 15.4. The van der Waals surface area contributed by atoms with Crippen LogP contribution in [0.25, 0.3) is 10.9 Å². The zero-order valence-electron chi connectivity index (χ0n) is 13.7. The predicted molar refractivity (Wildman–Crippen MR) is 96.0 cm³/mol. The van der Waals surface area contributed by atoms with E-state index in [0.717, 1.165) is 16.5 Å². The minimum absolute atomic E-state index is 0.0778. The van der Waals surface area contributed by atoms with E-state index in [1.54, 1.807) is 4.90 Å². The van der Waals surface area contributed by atoms with Crippen LogP contribution in [0.4, 0.5) is 0 Å². The normalized spacial score (nSPS) is 17.2. The zero-order chi connectivity index (χ0) is 17.2. The number of aromatic amines is 1. The second-order valence-corrected chi connectivity index (χ2v) is 6.41. The number of amides is 2. The number of benzene rings is 2.